The molecule has 0 saturated heterocycles. The normalized spacial score (nSPS) is 23.2. The average Bonchev–Trinajstić information content (AvgIpc) is 3.06. The van der Waals surface area contributed by atoms with Crippen LogP contribution in [0.5, 0.6) is 0 Å². The molecule has 7 rings (SSSR count). The summed E-state index contributed by atoms with van der Waals surface area (Å²) in [5.41, 5.74) is 3.44. The van der Waals surface area contributed by atoms with Gasteiger partial charge in [-0.15, -0.1) is 0 Å². The highest BCUT2D eigenvalue weighted by Gasteiger charge is 2.51. The molecule has 1 atom stereocenters. The highest BCUT2D eigenvalue weighted by Crippen LogP contribution is 2.60. The zero-order valence-corrected chi connectivity index (χ0v) is 30.7. The van der Waals surface area contributed by atoms with Gasteiger partial charge >= 0.3 is 0 Å². The SMILES string of the molecule is CCCCNC(=O)C(Cc1ccccc1)N(Cc1ccc(Cl)c(Cl)c1)C(=O)CN(c1ccc(C23CC4CC(CC(C4)C2)C3)cc1)S(C)(=O)=O. The number of halogens is 2. The van der Waals surface area contributed by atoms with Gasteiger partial charge in [0.1, 0.15) is 12.6 Å². The van der Waals surface area contributed by atoms with Crippen LogP contribution in [0.3, 0.4) is 0 Å². The van der Waals surface area contributed by atoms with Gasteiger partial charge < -0.3 is 10.2 Å². The fourth-order valence-corrected chi connectivity index (χ4v) is 10.1. The Bertz CT molecular complexity index is 1710. The van der Waals surface area contributed by atoms with E-state index in [-0.39, 0.29) is 24.3 Å². The smallest absolute Gasteiger partial charge is 0.244 e. The number of nitrogens with one attached hydrogen (secondary N) is 1. The number of nitrogens with zero attached hydrogens (tertiary/aromatic N) is 2. The first-order valence-corrected chi connectivity index (χ1v) is 20.2. The van der Waals surface area contributed by atoms with Gasteiger partial charge in [-0.25, -0.2) is 8.42 Å². The molecular weight excluding hydrogens is 677 g/mol. The quantitative estimate of drug-likeness (QED) is 0.172. The minimum absolute atomic E-state index is 0.0387. The minimum atomic E-state index is -3.87. The van der Waals surface area contributed by atoms with Crippen molar-refractivity contribution >= 4 is 50.7 Å². The van der Waals surface area contributed by atoms with Crippen LogP contribution in [0.25, 0.3) is 0 Å². The Kier molecular flexibility index (Phi) is 11.0. The van der Waals surface area contributed by atoms with Gasteiger partial charge in [0.15, 0.2) is 0 Å². The number of unbranched alkanes of at least 4 members (excludes halogenated alkanes) is 1. The summed E-state index contributed by atoms with van der Waals surface area (Å²) < 4.78 is 27.9. The van der Waals surface area contributed by atoms with E-state index in [1.807, 2.05) is 49.4 Å². The van der Waals surface area contributed by atoms with Crippen LogP contribution in [-0.4, -0.2) is 50.5 Å². The van der Waals surface area contributed by atoms with Crippen molar-refractivity contribution in [3.63, 3.8) is 0 Å². The Balaban J connectivity index is 1.30. The molecular formula is C39H47Cl2N3O4S. The lowest BCUT2D eigenvalue weighted by atomic mass is 9.48. The van der Waals surface area contributed by atoms with Crippen molar-refractivity contribution in [1.29, 1.82) is 0 Å². The lowest BCUT2D eigenvalue weighted by Crippen LogP contribution is -2.53. The molecule has 1 unspecified atom stereocenters. The number of carbonyl (C=O) groups excluding carboxylic acids is 2. The van der Waals surface area contributed by atoms with E-state index < -0.39 is 28.5 Å². The van der Waals surface area contributed by atoms with E-state index >= 15 is 0 Å². The molecule has 3 aromatic carbocycles. The molecule has 4 bridgehead atoms. The van der Waals surface area contributed by atoms with Gasteiger partial charge in [0.2, 0.25) is 21.8 Å². The van der Waals surface area contributed by atoms with E-state index in [4.69, 9.17) is 23.2 Å². The molecule has 0 heterocycles. The third kappa shape index (κ3) is 8.29. The van der Waals surface area contributed by atoms with Crippen molar-refractivity contribution in [2.24, 2.45) is 17.8 Å². The molecule has 0 aromatic heterocycles. The highest BCUT2D eigenvalue weighted by atomic mass is 35.5. The van der Waals surface area contributed by atoms with Crippen LogP contribution in [0.4, 0.5) is 5.69 Å². The van der Waals surface area contributed by atoms with E-state index in [1.165, 1.54) is 49.0 Å². The first-order valence-electron chi connectivity index (χ1n) is 17.6. The molecule has 262 valence electrons. The summed E-state index contributed by atoms with van der Waals surface area (Å²) in [6.07, 6.45) is 10.7. The molecule has 4 aliphatic carbocycles. The average molecular weight is 725 g/mol. The molecule has 0 aliphatic heterocycles. The lowest BCUT2D eigenvalue weighted by Gasteiger charge is -2.57. The topological polar surface area (TPSA) is 86.8 Å². The molecule has 4 fully saturated rings. The van der Waals surface area contributed by atoms with Crippen molar-refractivity contribution in [1.82, 2.24) is 10.2 Å². The summed E-state index contributed by atoms with van der Waals surface area (Å²) >= 11 is 12.6. The molecule has 3 aromatic rings. The van der Waals surface area contributed by atoms with Crippen LogP contribution in [0.1, 0.15) is 75.0 Å². The first-order chi connectivity index (χ1) is 23.4. The fourth-order valence-electron chi connectivity index (χ4n) is 8.95. The van der Waals surface area contributed by atoms with Gasteiger partial charge in [-0.05, 0) is 109 Å². The second kappa shape index (κ2) is 15.0. The van der Waals surface area contributed by atoms with E-state index in [0.29, 0.717) is 27.8 Å². The number of carbonyl (C=O) groups is 2. The maximum Gasteiger partial charge on any atom is 0.244 e. The number of rotatable bonds is 14. The van der Waals surface area contributed by atoms with Crippen molar-refractivity contribution in [2.45, 2.75) is 82.7 Å². The molecule has 1 N–H and O–H groups in total. The first kappa shape index (κ1) is 35.7. The van der Waals surface area contributed by atoms with Crippen LogP contribution < -0.4 is 9.62 Å². The third-order valence-corrected chi connectivity index (χ3v) is 12.8. The Labute approximate surface area is 301 Å². The zero-order valence-electron chi connectivity index (χ0n) is 28.4. The van der Waals surface area contributed by atoms with E-state index in [9.17, 15) is 18.0 Å². The van der Waals surface area contributed by atoms with Crippen molar-refractivity contribution in [3.8, 4) is 0 Å². The number of anilines is 1. The maximum absolute atomic E-state index is 14.5. The van der Waals surface area contributed by atoms with E-state index in [0.717, 1.165) is 46.7 Å². The standard InChI is InChI=1S/C39H47Cl2N3O4S/c1-3-4-16-42-38(46)36(21-27-8-6-5-7-9-27)43(25-28-10-15-34(40)35(41)20-28)37(45)26-44(49(2,47)48)33-13-11-32(12-14-33)39-22-29-17-30(23-39)19-31(18-29)24-39/h5-15,20,29-31,36H,3-4,16-19,21-26H2,1-2H3,(H,42,46). The fraction of sp³-hybridized carbons (Fsp3) is 0.487. The van der Waals surface area contributed by atoms with Gasteiger partial charge in [0, 0.05) is 19.5 Å². The van der Waals surface area contributed by atoms with Crippen molar-refractivity contribution < 1.29 is 18.0 Å². The van der Waals surface area contributed by atoms with Gasteiger partial charge in [-0.3, -0.25) is 13.9 Å². The van der Waals surface area contributed by atoms with Crippen LogP contribution in [0, 0.1) is 17.8 Å². The monoisotopic (exact) mass is 723 g/mol. The van der Waals surface area contributed by atoms with Crippen molar-refractivity contribution in [3.05, 3.63) is 99.5 Å². The lowest BCUT2D eigenvalue weighted by molar-refractivity contribution is -0.140. The van der Waals surface area contributed by atoms with Gasteiger partial charge in [0.25, 0.3) is 0 Å². The number of hydrogen-bond donors (Lipinski definition) is 1. The Hall–Kier alpha value is -3.07. The molecule has 10 heteroatoms. The second-order valence-corrected chi connectivity index (χ2v) is 17.4. The molecule has 0 radical (unpaired) electrons. The summed E-state index contributed by atoms with van der Waals surface area (Å²) in [5, 5.41) is 3.71. The molecule has 49 heavy (non-hydrogen) atoms. The predicted molar refractivity (Wildman–Crippen MR) is 197 cm³/mol. The van der Waals surface area contributed by atoms with Crippen LogP contribution in [0.15, 0.2) is 72.8 Å². The third-order valence-electron chi connectivity index (χ3n) is 10.9. The number of amides is 2. The summed E-state index contributed by atoms with van der Waals surface area (Å²) in [7, 11) is -3.87. The van der Waals surface area contributed by atoms with Gasteiger partial charge in [0.05, 0.1) is 22.0 Å². The van der Waals surface area contributed by atoms with E-state index in [1.54, 1.807) is 18.2 Å². The van der Waals surface area contributed by atoms with Crippen molar-refractivity contribution in [2.75, 3.05) is 23.7 Å². The second-order valence-electron chi connectivity index (χ2n) is 14.6. The highest BCUT2D eigenvalue weighted by molar-refractivity contribution is 7.92. The van der Waals surface area contributed by atoms with E-state index in [2.05, 4.69) is 17.4 Å². The summed E-state index contributed by atoms with van der Waals surface area (Å²) in [5.74, 6) is 1.59. The molecule has 4 aliphatic rings. The number of sulfonamides is 1. The van der Waals surface area contributed by atoms with Crippen LogP contribution >= 0.6 is 23.2 Å². The Morgan fingerprint density at radius 3 is 2.08 bits per heavy atom. The molecule has 7 nitrogen and oxygen atoms in total. The Morgan fingerprint density at radius 2 is 1.51 bits per heavy atom. The van der Waals surface area contributed by atoms with Gasteiger partial charge in [-0.2, -0.15) is 0 Å². The Morgan fingerprint density at radius 1 is 0.878 bits per heavy atom. The molecule has 4 saturated carbocycles. The van der Waals surface area contributed by atoms with Crippen LogP contribution in [-0.2, 0) is 38.0 Å². The molecule has 0 spiro atoms. The van der Waals surface area contributed by atoms with Crippen LogP contribution in [0.2, 0.25) is 10.0 Å². The number of hydrogen-bond acceptors (Lipinski definition) is 4. The number of benzene rings is 3. The summed E-state index contributed by atoms with van der Waals surface area (Å²) in [4.78, 5) is 29.8. The molecule has 2 amide bonds. The summed E-state index contributed by atoms with van der Waals surface area (Å²) in [6.45, 7) is 2.10. The minimum Gasteiger partial charge on any atom is -0.354 e. The predicted octanol–water partition coefficient (Wildman–Crippen LogP) is 7.78. The largest absolute Gasteiger partial charge is 0.354 e. The zero-order chi connectivity index (χ0) is 34.8. The maximum atomic E-state index is 14.5. The summed E-state index contributed by atoms with van der Waals surface area (Å²) in [6, 6.07) is 21.6. The van der Waals surface area contributed by atoms with Gasteiger partial charge in [-0.1, -0.05) is 85.1 Å².